The summed E-state index contributed by atoms with van der Waals surface area (Å²) in [6.45, 7) is 3.57. The molecule has 1 aliphatic heterocycles. The molecular weight excluding hydrogens is 258 g/mol. The molecule has 1 aliphatic rings. The van der Waals surface area contributed by atoms with Crippen molar-refractivity contribution in [1.29, 1.82) is 0 Å². The Morgan fingerprint density at radius 1 is 1.40 bits per heavy atom. The van der Waals surface area contributed by atoms with Crippen molar-refractivity contribution in [2.24, 2.45) is 0 Å². The quantitative estimate of drug-likeness (QED) is 0.830. The van der Waals surface area contributed by atoms with Crippen LogP contribution in [0.2, 0.25) is 0 Å². The van der Waals surface area contributed by atoms with E-state index in [9.17, 15) is 9.90 Å². The van der Waals surface area contributed by atoms with Crippen LogP contribution in [0.4, 0.5) is 0 Å². The number of fused-ring (bicyclic) bond motifs is 1. The second-order valence-electron chi connectivity index (χ2n) is 5.32. The van der Waals surface area contributed by atoms with Gasteiger partial charge in [0, 0.05) is 30.4 Å². The fourth-order valence-electron chi connectivity index (χ4n) is 2.49. The van der Waals surface area contributed by atoms with Crippen LogP contribution in [0.15, 0.2) is 41.7 Å². The zero-order chi connectivity index (χ0) is 14.3. The highest BCUT2D eigenvalue weighted by molar-refractivity contribution is 5.38. The smallest absolute Gasteiger partial charge is 0.348 e. The molecule has 0 bridgehead atoms. The summed E-state index contributed by atoms with van der Waals surface area (Å²) in [6, 6.07) is 2.83. The van der Waals surface area contributed by atoms with Gasteiger partial charge in [-0.15, -0.1) is 0 Å². The molecule has 2 unspecified atom stereocenters. The highest BCUT2D eigenvalue weighted by Crippen LogP contribution is 2.40. The molecule has 0 spiro atoms. The Hall–Kier alpha value is -2.21. The van der Waals surface area contributed by atoms with Gasteiger partial charge in [-0.05, 0) is 26.0 Å². The summed E-state index contributed by atoms with van der Waals surface area (Å²) >= 11 is 0. The van der Waals surface area contributed by atoms with Crippen molar-refractivity contribution in [2.45, 2.75) is 31.6 Å². The highest BCUT2D eigenvalue weighted by Gasteiger charge is 2.44. The molecule has 0 aromatic carbocycles. The standard InChI is InChI=1S/C14H15N3O3/c1-14(2)12(18)11(17-7-3-5-16-13(17)19)9-8-15-6-4-10(9)20-14/h3-8,11-12,18H,1-2H3. The van der Waals surface area contributed by atoms with Gasteiger partial charge in [-0.3, -0.25) is 9.55 Å². The van der Waals surface area contributed by atoms with Crippen LogP contribution in [-0.4, -0.2) is 31.3 Å². The SMILES string of the molecule is CC1(C)Oc2ccncc2C(n2cccnc2=O)C1O. The maximum Gasteiger partial charge on any atom is 0.348 e. The van der Waals surface area contributed by atoms with E-state index in [1.54, 1.807) is 44.6 Å². The van der Waals surface area contributed by atoms with Crippen LogP contribution in [0.25, 0.3) is 0 Å². The molecule has 0 radical (unpaired) electrons. The van der Waals surface area contributed by atoms with Crippen molar-refractivity contribution in [3.8, 4) is 5.75 Å². The minimum atomic E-state index is -0.888. The first-order valence-corrected chi connectivity index (χ1v) is 6.35. The predicted octanol–water partition coefficient (Wildman–Crippen LogP) is 0.760. The lowest BCUT2D eigenvalue weighted by Crippen LogP contribution is -2.52. The molecule has 3 rings (SSSR count). The molecule has 2 aromatic rings. The van der Waals surface area contributed by atoms with Crippen molar-refractivity contribution < 1.29 is 9.84 Å². The zero-order valence-electron chi connectivity index (χ0n) is 11.2. The number of aliphatic hydroxyl groups is 1. The minimum Gasteiger partial charge on any atom is -0.485 e. The van der Waals surface area contributed by atoms with Crippen LogP contribution < -0.4 is 10.4 Å². The summed E-state index contributed by atoms with van der Waals surface area (Å²) in [4.78, 5) is 19.8. The second-order valence-corrected chi connectivity index (χ2v) is 5.32. The third kappa shape index (κ3) is 1.89. The van der Waals surface area contributed by atoms with Gasteiger partial charge in [-0.2, -0.15) is 0 Å². The molecule has 0 saturated carbocycles. The molecule has 0 amide bonds. The Balaban J connectivity index is 2.23. The maximum atomic E-state index is 12.0. The maximum absolute atomic E-state index is 12.0. The van der Waals surface area contributed by atoms with Gasteiger partial charge in [0.15, 0.2) is 0 Å². The van der Waals surface area contributed by atoms with E-state index in [4.69, 9.17) is 4.74 Å². The van der Waals surface area contributed by atoms with Gasteiger partial charge in [-0.25, -0.2) is 9.78 Å². The summed E-state index contributed by atoms with van der Waals surface area (Å²) in [7, 11) is 0. The van der Waals surface area contributed by atoms with Crippen molar-refractivity contribution in [1.82, 2.24) is 14.5 Å². The summed E-state index contributed by atoms with van der Waals surface area (Å²) in [5.41, 5.74) is -0.549. The zero-order valence-corrected chi connectivity index (χ0v) is 11.2. The summed E-state index contributed by atoms with van der Waals surface area (Å²) in [5, 5.41) is 10.6. The van der Waals surface area contributed by atoms with Gasteiger partial charge in [0.05, 0.1) is 6.04 Å². The Morgan fingerprint density at radius 3 is 2.95 bits per heavy atom. The van der Waals surface area contributed by atoms with E-state index < -0.39 is 23.4 Å². The number of rotatable bonds is 1. The highest BCUT2D eigenvalue weighted by atomic mass is 16.5. The van der Waals surface area contributed by atoms with Crippen molar-refractivity contribution in [3.63, 3.8) is 0 Å². The van der Waals surface area contributed by atoms with E-state index in [2.05, 4.69) is 9.97 Å². The average Bonchev–Trinajstić information content (AvgIpc) is 2.41. The molecule has 20 heavy (non-hydrogen) atoms. The van der Waals surface area contributed by atoms with E-state index in [0.717, 1.165) is 0 Å². The number of hydrogen-bond acceptors (Lipinski definition) is 5. The Bertz CT molecular complexity index is 696. The first kappa shape index (κ1) is 12.8. The first-order valence-electron chi connectivity index (χ1n) is 6.35. The van der Waals surface area contributed by atoms with Gasteiger partial charge in [-0.1, -0.05) is 0 Å². The van der Waals surface area contributed by atoms with Crippen LogP contribution in [0.5, 0.6) is 5.75 Å². The Kier molecular flexibility index (Phi) is 2.83. The van der Waals surface area contributed by atoms with Crippen molar-refractivity contribution in [3.05, 3.63) is 53.0 Å². The number of nitrogens with zero attached hydrogens (tertiary/aromatic N) is 3. The molecule has 0 fully saturated rings. The normalized spacial score (nSPS) is 23.8. The molecule has 6 heteroatoms. The third-order valence-electron chi connectivity index (χ3n) is 3.55. The summed E-state index contributed by atoms with van der Waals surface area (Å²) < 4.78 is 7.21. The van der Waals surface area contributed by atoms with Gasteiger partial charge >= 0.3 is 5.69 Å². The fraction of sp³-hybridized carbons (Fsp3) is 0.357. The predicted molar refractivity (Wildman–Crippen MR) is 71.6 cm³/mol. The van der Waals surface area contributed by atoms with Crippen LogP contribution in [0, 0.1) is 0 Å². The third-order valence-corrected chi connectivity index (χ3v) is 3.55. The largest absolute Gasteiger partial charge is 0.485 e. The lowest BCUT2D eigenvalue weighted by Gasteiger charge is -2.42. The van der Waals surface area contributed by atoms with Crippen LogP contribution >= 0.6 is 0 Å². The van der Waals surface area contributed by atoms with Crippen molar-refractivity contribution in [2.75, 3.05) is 0 Å². The lowest BCUT2D eigenvalue weighted by atomic mass is 9.87. The van der Waals surface area contributed by atoms with Gasteiger partial charge in [0.2, 0.25) is 0 Å². The minimum absolute atomic E-state index is 0.413. The van der Waals surface area contributed by atoms with Crippen molar-refractivity contribution >= 4 is 0 Å². The van der Waals surface area contributed by atoms with E-state index >= 15 is 0 Å². The monoisotopic (exact) mass is 273 g/mol. The molecule has 6 nitrogen and oxygen atoms in total. The molecule has 2 aromatic heterocycles. The molecule has 104 valence electrons. The number of pyridine rings is 1. The number of aliphatic hydroxyl groups excluding tert-OH is 1. The topological polar surface area (TPSA) is 77.2 Å². The number of ether oxygens (including phenoxy) is 1. The lowest BCUT2D eigenvalue weighted by molar-refractivity contribution is -0.0646. The molecule has 1 N–H and O–H groups in total. The van der Waals surface area contributed by atoms with E-state index in [1.165, 1.54) is 10.8 Å². The fourth-order valence-corrected chi connectivity index (χ4v) is 2.49. The van der Waals surface area contributed by atoms with E-state index in [0.29, 0.717) is 11.3 Å². The summed E-state index contributed by atoms with van der Waals surface area (Å²) in [6.07, 6.45) is 5.38. The van der Waals surface area contributed by atoms with Crippen LogP contribution in [0.1, 0.15) is 25.5 Å². The Labute approximate surface area is 115 Å². The molecule has 3 heterocycles. The molecule has 2 atom stereocenters. The van der Waals surface area contributed by atoms with Gasteiger partial charge in [0.25, 0.3) is 0 Å². The van der Waals surface area contributed by atoms with E-state index in [1.807, 2.05) is 0 Å². The average molecular weight is 273 g/mol. The molecular formula is C14H15N3O3. The Morgan fingerprint density at radius 2 is 2.20 bits per heavy atom. The first-order chi connectivity index (χ1) is 9.50. The molecule has 0 saturated heterocycles. The second kappa shape index (κ2) is 4.42. The molecule has 0 aliphatic carbocycles. The van der Waals surface area contributed by atoms with Crippen LogP contribution in [0.3, 0.4) is 0 Å². The van der Waals surface area contributed by atoms with Crippen LogP contribution in [-0.2, 0) is 0 Å². The number of hydrogen-bond donors (Lipinski definition) is 1. The number of aromatic nitrogens is 3. The van der Waals surface area contributed by atoms with E-state index in [-0.39, 0.29) is 0 Å². The van der Waals surface area contributed by atoms with Gasteiger partial charge in [0.1, 0.15) is 17.5 Å². The van der Waals surface area contributed by atoms with Gasteiger partial charge < -0.3 is 9.84 Å². The summed E-state index contributed by atoms with van der Waals surface area (Å²) in [5.74, 6) is 0.621.